The number of hydrogen-bond donors (Lipinski definition) is 0. The lowest BCUT2D eigenvalue weighted by Crippen LogP contribution is -2.22. The monoisotopic (exact) mass is 1320 g/mol. The molecule has 0 radical (unpaired) electrons. The Bertz CT molecular complexity index is 2820. The molecule has 0 spiro atoms. The van der Waals surface area contributed by atoms with Crippen LogP contribution in [0, 0.1) is 0 Å². The molecule has 4 aromatic carbocycles. The van der Waals surface area contributed by atoms with Gasteiger partial charge >= 0.3 is 17.9 Å². The van der Waals surface area contributed by atoms with Gasteiger partial charge in [0.15, 0.2) is 47.8 Å². The van der Waals surface area contributed by atoms with Crippen molar-refractivity contribution in [2.75, 3.05) is 87.8 Å². The van der Waals surface area contributed by atoms with Crippen molar-refractivity contribution in [3.05, 3.63) is 107 Å². The number of rotatable bonds is 53. The van der Waals surface area contributed by atoms with Crippen LogP contribution in [0.1, 0.15) is 180 Å². The molecular weight excluding hydrogens is 1220 g/mol. The van der Waals surface area contributed by atoms with Gasteiger partial charge in [0.05, 0.1) is 74.7 Å². The normalized spacial score (nSPS) is 11.2. The van der Waals surface area contributed by atoms with Gasteiger partial charge in [-0.3, -0.25) is 29.2 Å². The Hall–Kier alpha value is -7.42. The van der Waals surface area contributed by atoms with Gasteiger partial charge in [-0.1, -0.05) is 141 Å². The molecule has 0 aromatic heterocycles. The van der Waals surface area contributed by atoms with Crippen LogP contribution < -0.4 is 28.4 Å². The molecule has 520 valence electrons. The van der Waals surface area contributed by atoms with Crippen molar-refractivity contribution >= 4 is 55.8 Å². The number of ketones is 3. The fourth-order valence-corrected chi connectivity index (χ4v) is 9.94. The molecule has 0 fully saturated rings. The molecule has 0 amide bonds. The first-order chi connectivity index (χ1) is 45.6. The van der Waals surface area contributed by atoms with Crippen molar-refractivity contribution in [1.29, 1.82) is 0 Å². The third-order valence-corrected chi connectivity index (χ3v) is 16.6. The van der Waals surface area contributed by atoms with Gasteiger partial charge in [0.25, 0.3) is 0 Å². The number of benzene rings is 4. The zero-order chi connectivity index (χ0) is 68.3. The largest absolute Gasteiger partial charge is 0.494 e. The Morgan fingerprint density at radius 3 is 1.23 bits per heavy atom. The Morgan fingerprint density at radius 2 is 0.830 bits per heavy atom. The number of Topliss-reactive ketones (excluding diaryl/α,β-unsaturated/α-hetero) is 3. The molecule has 0 N–H and O–H groups in total. The predicted octanol–water partition coefficient (Wildman–Crippen LogP) is 15.2. The van der Waals surface area contributed by atoms with Crippen LogP contribution in [0.3, 0.4) is 0 Å². The Balaban J connectivity index is 0.000000501. The summed E-state index contributed by atoms with van der Waals surface area (Å²) in [6.45, 7) is 11.7. The van der Waals surface area contributed by atoms with Crippen LogP contribution in [-0.2, 0) is 56.1 Å². The molecule has 0 saturated carbocycles. The molecule has 0 heterocycles. The van der Waals surface area contributed by atoms with Crippen LogP contribution in [0.4, 0.5) is 0 Å². The van der Waals surface area contributed by atoms with E-state index in [1.54, 1.807) is 36.7 Å². The van der Waals surface area contributed by atoms with E-state index >= 15 is 0 Å². The molecule has 0 aliphatic rings. The molecule has 19 nitrogen and oxygen atoms in total. The number of carbonyl (C=O) groups excluding carboxylic acids is 6. The van der Waals surface area contributed by atoms with E-state index in [2.05, 4.69) is 46.0 Å². The number of carbonyl (C=O) groups is 6. The molecular formula is C74H108N2O17Si. The van der Waals surface area contributed by atoms with E-state index in [0.717, 1.165) is 47.9 Å². The zero-order valence-electron chi connectivity index (χ0n) is 57.6. The lowest BCUT2D eigenvalue weighted by Gasteiger charge is -2.15. The highest BCUT2D eigenvalue weighted by Gasteiger charge is 2.16. The summed E-state index contributed by atoms with van der Waals surface area (Å²) in [4.78, 5) is 80.3. The van der Waals surface area contributed by atoms with Gasteiger partial charge in [0, 0.05) is 63.7 Å². The van der Waals surface area contributed by atoms with Crippen molar-refractivity contribution in [2.45, 2.75) is 187 Å². The summed E-state index contributed by atoms with van der Waals surface area (Å²) in [5.41, 5.74) is 2.83. The Morgan fingerprint density at radius 1 is 0.426 bits per heavy atom. The van der Waals surface area contributed by atoms with Crippen molar-refractivity contribution in [1.82, 2.24) is 0 Å². The van der Waals surface area contributed by atoms with Crippen molar-refractivity contribution in [2.24, 2.45) is 9.98 Å². The number of esters is 3. The average Bonchev–Trinajstić information content (AvgIpc) is 0.985. The molecule has 0 aliphatic carbocycles. The lowest BCUT2D eigenvalue weighted by molar-refractivity contribution is -0.144. The molecule has 4 aromatic rings. The molecule has 4 rings (SSSR count). The molecule has 20 heteroatoms. The van der Waals surface area contributed by atoms with E-state index in [-0.39, 0.29) is 55.3 Å². The van der Waals surface area contributed by atoms with E-state index in [0.29, 0.717) is 113 Å². The molecule has 94 heavy (non-hydrogen) atoms. The lowest BCUT2D eigenvalue weighted by atomic mass is 10.0. The van der Waals surface area contributed by atoms with E-state index < -0.39 is 20.0 Å². The number of aliphatic imine (C=N–C) groups is 2. The third kappa shape index (κ3) is 39.3. The number of hydrogen-bond acceptors (Lipinski definition) is 19. The second-order valence-corrected chi connectivity index (χ2v) is 29.6. The molecule has 0 atom stereocenters. The molecule has 0 saturated heterocycles. The second-order valence-electron chi connectivity index (χ2n) is 24.0. The summed E-state index contributed by atoms with van der Waals surface area (Å²) in [7, 11) is 4.29. The summed E-state index contributed by atoms with van der Waals surface area (Å²) in [6.07, 6.45) is 27.4. The van der Waals surface area contributed by atoms with E-state index in [1.807, 2.05) is 48.5 Å². The quantitative estimate of drug-likeness (QED) is 0.00999. The van der Waals surface area contributed by atoms with E-state index in [4.69, 9.17) is 42.6 Å². The highest BCUT2D eigenvalue weighted by molar-refractivity contribution is 6.76. The van der Waals surface area contributed by atoms with Crippen molar-refractivity contribution in [3.63, 3.8) is 0 Å². The minimum absolute atomic E-state index is 0.0159. The Labute approximate surface area is 560 Å². The molecule has 0 bridgehead atoms. The summed E-state index contributed by atoms with van der Waals surface area (Å²) < 4.78 is 58.7. The van der Waals surface area contributed by atoms with Crippen molar-refractivity contribution in [3.8, 4) is 34.5 Å². The maximum atomic E-state index is 12.6. The van der Waals surface area contributed by atoms with Gasteiger partial charge in [-0.2, -0.15) is 0 Å². The van der Waals surface area contributed by atoms with Crippen LogP contribution in [0.15, 0.2) is 94.9 Å². The van der Waals surface area contributed by atoms with Gasteiger partial charge < -0.3 is 52.1 Å². The summed E-state index contributed by atoms with van der Waals surface area (Å²) >= 11 is 0. The van der Waals surface area contributed by atoms with Crippen LogP contribution in [0.2, 0.25) is 25.7 Å². The number of unbranched alkanes of at least 4 members (excludes halogenated alkanes) is 14. The molecule has 0 unspecified atom stereocenters. The third-order valence-electron chi connectivity index (χ3n) is 14.8. The topological polar surface area (TPSA) is 229 Å². The smallest absolute Gasteiger partial charge is 0.343 e. The minimum atomic E-state index is -1.19. The maximum absolute atomic E-state index is 12.6. The fraction of sp³-hybridized carbons (Fsp3) is 0.568. The summed E-state index contributed by atoms with van der Waals surface area (Å²) in [5.74, 6) is 1.61. The number of nitrogens with zero attached hydrogens (tertiary/aromatic N) is 2. The maximum Gasteiger partial charge on any atom is 0.343 e. The number of ether oxygens (including phenoxy) is 11. The van der Waals surface area contributed by atoms with Gasteiger partial charge in [-0.25, -0.2) is 9.59 Å². The first-order valence-electron chi connectivity index (χ1n) is 33.6. The average molecular weight is 1330 g/mol. The molecule has 0 aliphatic heterocycles. The van der Waals surface area contributed by atoms with Crippen LogP contribution in [0.5, 0.6) is 34.5 Å². The van der Waals surface area contributed by atoms with Crippen LogP contribution >= 0.6 is 0 Å². The first-order valence-corrected chi connectivity index (χ1v) is 37.3. The summed E-state index contributed by atoms with van der Waals surface area (Å²) in [5, 5.41) is 0. The predicted molar refractivity (Wildman–Crippen MR) is 371 cm³/mol. The van der Waals surface area contributed by atoms with Crippen LogP contribution in [0.25, 0.3) is 0 Å². The standard InChI is InChI=1S/C43H65NO8.C31H43NO9Si/c1-4-5-6-7-8-9-10-11-12-13-14-15-16-17-18-21-38(45)22-19-31-51-39-26-23-36(24-27-39)34-50-30-20-29-44-33-40(46)37-25-28-41(48-2)42(32-37)52-35-43(47)49-3;1-36-28-14-11-25(20-29(28)41-23-31(35)37-2)27(33)21-32-15-7-16-38-22-24-9-12-26(13-10-24)39-17-6-8-30(34)40-18-19-42(3,4)5/h23-29,32H,4-22,30-31,33-35H2,1-3H3;9-15,20H,6-8,16-19,21-23H2,1-5H3. The number of methoxy groups -OCH3 is 4. The first kappa shape index (κ1) is 80.8. The SMILES string of the molecule is CCCCCCCCCCCCCCCCCC(=O)CCCOc1ccc(COCCC=NCC(=O)c2ccc(OC)c(OCC(=O)OC)c2)cc1.COC(=O)COc1cc(C(=O)CN=CCCOCc2ccc(OCCCC(=O)OCC[Si](C)(C)C)cc2)ccc1OC. The highest BCUT2D eigenvalue weighted by Crippen LogP contribution is 2.30. The van der Waals surface area contributed by atoms with E-state index in [1.165, 1.54) is 124 Å². The zero-order valence-corrected chi connectivity index (χ0v) is 58.6. The second kappa shape index (κ2) is 51.0. The van der Waals surface area contributed by atoms with Gasteiger partial charge in [0.1, 0.15) is 30.4 Å². The van der Waals surface area contributed by atoms with Gasteiger partial charge in [-0.05, 0) is 97.1 Å². The minimum Gasteiger partial charge on any atom is -0.494 e. The van der Waals surface area contributed by atoms with Gasteiger partial charge in [-0.15, -0.1) is 0 Å². The van der Waals surface area contributed by atoms with Crippen molar-refractivity contribution < 1.29 is 80.9 Å². The Kier molecular flexibility index (Phi) is 43.8. The fourth-order valence-electron chi connectivity index (χ4n) is 9.22. The summed E-state index contributed by atoms with van der Waals surface area (Å²) in [6, 6.07) is 25.9. The van der Waals surface area contributed by atoms with E-state index in [9.17, 15) is 28.8 Å². The van der Waals surface area contributed by atoms with Gasteiger partial charge in [0.2, 0.25) is 0 Å². The highest BCUT2D eigenvalue weighted by atomic mass is 28.3. The van der Waals surface area contributed by atoms with Crippen LogP contribution in [-0.4, -0.2) is 144 Å².